The Kier molecular flexibility index (Phi) is 5.42. The first kappa shape index (κ1) is 17.8. The summed E-state index contributed by atoms with van der Waals surface area (Å²) in [4.78, 5) is 12.2. The topological polar surface area (TPSA) is 99.9 Å². The number of anilines is 1. The van der Waals surface area contributed by atoms with Crippen molar-refractivity contribution < 1.29 is 19.0 Å². The molecule has 0 aliphatic heterocycles. The lowest BCUT2D eigenvalue weighted by molar-refractivity contribution is -0.113. The number of ether oxygens (including phenoxy) is 3. The molecule has 3 rings (SSSR count). The van der Waals surface area contributed by atoms with Crippen LogP contribution in [-0.4, -0.2) is 52.8 Å². The van der Waals surface area contributed by atoms with E-state index >= 15 is 0 Å². The molecule has 0 unspecified atom stereocenters. The number of nitrogens with zero attached hydrogens (tertiary/aromatic N) is 4. The van der Waals surface area contributed by atoms with Crippen LogP contribution in [0.1, 0.15) is 0 Å². The summed E-state index contributed by atoms with van der Waals surface area (Å²) >= 11 is 1.31. The first-order valence-corrected chi connectivity index (χ1v) is 8.53. The Labute approximate surface area is 153 Å². The highest BCUT2D eigenvalue weighted by Crippen LogP contribution is 2.39. The summed E-state index contributed by atoms with van der Waals surface area (Å²) in [7, 11) is 4.56. The van der Waals surface area contributed by atoms with Gasteiger partial charge in [0.05, 0.1) is 27.1 Å². The summed E-state index contributed by atoms with van der Waals surface area (Å²) in [5.74, 6) is 1.41. The maximum Gasteiger partial charge on any atom is 0.234 e. The summed E-state index contributed by atoms with van der Waals surface area (Å²) in [6.45, 7) is 0. The number of amides is 1. The van der Waals surface area contributed by atoms with Crippen LogP contribution in [0.2, 0.25) is 0 Å². The van der Waals surface area contributed by atoms with E-state index < -0.39 is 0 Å². The minimum Gasteiger partial charge on any atom is -0.493 e. The van der Waals surface area contributed by atoms with Crippen LogP contribution in [-0.2, 0) is 4.79 Å². The Bertz CT molecular complexity index is 905. The molecule has 0 radical (unpaired) electrons. The van der Waals surface area contributed by atoms with Crippen LogP contribution < -0.4 is 19.5 Å². The van der Waals surface area contributed by atoms with Crippen LogP contribution in [0.3, 0.4) is 0 Å². The van der Waals surface area contributed by atoms with Gasteiger partial charge in [-0.15, -0.1) is 10.2 Å². The Morgan fingerprint density at radius 1 is 1.15 bits per heavy atom. The van der Waals surface area contributed by atoms with E-state index in [9.17, 15) is 4.79 Å². The lowest BCUT2D eigenvalue weighted by Gasteiger charge is -2.14. The van der Waals surface area contributed by atoms with E-state index in [0.29, 0.717) is 33.6 Å². The van der Waals surface area contributed by atoms with Crippen molar-refractivity contribution in [3.63, 3.8) is 0 Å². The molecule has 0 atom stereocenters. The second-order valence-corrected chi connectivity index (χ2v) is 6.05. The molecule has 3 aromatic rings. The average Bonchev–Trinajstić information content (AvgIpc) is 3.13. The van der Waals surface area contributed by atoms with Crippen LogP contribution in [0.15, 0.2) is 35.6 Å². The molecule has 0 saturated carbocycles. The summed E-state index contributed by atoms with van der Waals surface area (Å²) in [5, 5.41) is 15.5. The van der Waals surface area contributed by atoms with E-state index in [1.54, 1.807) is 28.8 Å². The van der Waals surface area contributed by atoms with Gasteiger partial charge in [0.2, 0.25) is 11.7 Å². The van der Waals surface area contributed by atoms with Crippen LogP contribution in [0, 0.1) is 0 Å². The molecule has 0 fully saturated rings. The number of carbonyl (C=O) groups excluding carboxylic acids is 1. The van der Waals surface area contributed by atoms with E-state index in [1.165, 1.54) is 39.4 Å². The minimum absolute atomic E-state index is 0.185. The highest BCUT2D eigenvalue weighted by Gasteiger charge is 2.14. The van der Waals surface area contributed by atoms with E-state index in [1.807, 2.05) is 0 Å². The fraction of sp³-hybridized carbons (Fsp3) is 0.250. The molecular formula is C16H17N5O4S. The zero-order chi connectivity index (χ0) is 18.5. The van der Waals surface area contributed by atoms with Gasteiger partial charge in [-0.2, -0.15) is 9.61 Å². The van der Waals surface area contributed by atoms with Crippen molar-refractivity contribution in [3.05, 3.63) is 30.6 Å². The number of hydrogen-bond acceptors (Lipinski definition) is 8. The van der Waals surface area contributed by atoms with Gasteiger partial charge in [0.15, 0.2) is 17.1 Å². The number of methoxy groups -OCH3 is 3. The van der Waals surface area contributed by atoms with E-state index in [0.717, 1.165) is 0 Å². The van der Waals surface area contributed by atoms with Gasteiger partial charge in [0.25, 0.3) is 0 Å². The smallest absolute Gasteiger partial charge is 0.234 e. The third-order valence-electron chi connectivity index (χ3n) is 3.44. The predicted octanol–water partition coefficient (Wildman–Crippen LogP) is 1.88. The van der Waals surface area contributed by atoms with Gasteiger partial charge in [-0.1, -0.05) is 11.8 Å². The van der Waals surface area contributed by atoms with E-state index in [-0.39, 0.29) is 11.7 Å². The number of carbonyl (C=O) groups is 1. The fourth-order valence-corrected chi connectivity index (χ4v) is 2.94. The van der Waals surface area contributed by atoms with Gasteiger partial charge >= 0.3 is 0 Å². The van der Waals surface area contributed by atoms with Crippen molar-refractivity contribution in [2.24, 2.45) is 0 Å². The average molecular weight is 375 g/mol. The molecule has 9 nitrogen and oxygen atoms in total. The Hall–Kier alpha value is -3.01. The molecular weight excluding hydrogens is 358 g/mol. The van der Waals surface area contributed by atoms with Crippen LogP contribution in [0.25, 0.3) is 5.65 Å². The van der Waals surface area contributed by atoms with Crippen LogP contribution >= 0.6 is 11.8 Å². The van der Waals surface area contributed by atoms with Crippen molar-refractivity contribution in [2.75, 3.05) is 32.4 Å². The molecule has 26 heavy (non-hydrogen) atoms. The number of fused-ring (bicyclic) bond motifs is 1. The van der Waals surface area contributed by atoms with Crippen molar-refractivity contribution >= 4 is 29.0 Å². The summed E-state index contributed by atoms with van der Waals surface area (Å²) in [6.07, 6.45) is 1.51. The maximum absolute atomic E-state index is 12.2. The van der Waals surface area contributed by atoms with Gasteiger partial charge < -0.3 is 19.5 Å². The van der Waals surface area contributed by atoms with Crippen LogP contribution in [0.4, 0.5) is 5.69 Å². The second-order valence-electron chi connectivity index (χ2n) is 5.06. The normalized spacial score (nSPS) is 10.6. The molecule has 2 heterocycles. The minimum atomic E-state index is -0.185. The van der Waals surface area contributed by atoms with Crippen molar-refractivity contribution in [3.8, 4) is 17.2 Å². The number of hydrogen-bond donors (Lipinski definition) is 1. The number of aromatic nitrogens is 4. The van der Waals surface area contributed by atoms with Gasteiger partial charge in [-0.3, -0.25) is 4.79 Å². The standard InChI is InChI=1S/C16H17N5O4S/c1-23-11-6-10(7-12(24-2)16(11)25-3)18-14(22)8-26-15-5-4-13-19-17-9-21(13)20-15/h4-7,9H,8H2,1-3H3,(H,18,22). The summed E-state index contributed by atoms with van der Waals surface area (Å²) in [5.41, 5.74) is 1.20. The zero-order valence-electron chi connectivity index (χ0n) is 14.4. The molecule has 1 N–H and O–H groups in total. The maximum atomic E-state index is 12.2. The van der Waals surface area contributed by atoms with Gasteiger partial charge in [0.1, 0.15) is 11.4 Å². The number of thioether (sulfide) groups is 1. The lowest BCUT2D eigenvalue weighted by Crippen LogP contribution is -2.14. The molecule has 1 amide bonds. The monoisotopic (exact) mass is 375 g/mol. The number of nitrogens with one attached hydrogen (secondary N) is 1. The van der Waals surface area contributed by atoms with E-state index in [2.05, 4.69) is 20.6 Å². The Morgan fingerprint density at radius 3 is 2.54 bits per heavy atom. The quantitative estimate of drug-likeness (QED) is 0.625. The molecule has 1 aromatic carbocycles. The van der Waals surface area contributed by atoms with Gasteiger partial charge in [-0.05, 0) is 12.1 Å². The van der Waals surface area contributed by atoms with Crippen molar-refractivity contribution in [2.45, 2.75) is 5.03 Å². The predicted molar refractivity (Wildman–Crippen MR) is 96.2 cm³/mol. The first-order valence-electron chi connectivity index (χ1n) is 7.54. The second kappa shape index (κ2) is 7.91. The molecule has 0 spiro atoms. The third kappa shape index (κ3) is 3.80. The van der Waals surface area contributed by atoms with Crippen LogP contribution in [0.5, 0.6) is 17.2 Å². The Morgan fingerprint density at radius 2 is 1.88 bits per heavy atom. The third-order valence-corrected chi connectivity index (χ3v) is 4.36. The lowest BCUT2D eigenvalue weighted by atomic mass is 10.2. The van der Waals surface area contributed by atoms with Gasteiger partial charge in [-0.25, -0.2) is 0 Å². The number of rotatable bonds is 7. The highest BCUT2D eigenvalue weighted by molar-refractivity contribution is 7.99. The first-order chi connectivity index (χ1) is 12.6. The van der Waals surface area contributed by atoms with Gasteiger partial charge in [0, 0.05) is 17.8 Å². The highest BCUT2D eigenvalue weighted by atomic mass is 32.2. The summed E-state index contributed by atoms with van der Waals surface area (Å²) < 4.78 is 17.4. The molecule has 136 valence electrons. The van der Waals surface area contributed by atoms with E-state index in [4.69, 9.17) is 14.2 Å². The molecule has 10 heteroatoms. The molecule has 0 saturated heterocycles. The summed E-state index contributed by atoms with van der Waals surface area (Å²) in [6, 6.07) is 6.93. The fourth-order valence-electron chi connectivity index (χ4n) is 2.28. The molecule has 0 bridgehead atoms. The van der Waals surface area contributed by atoms with Crippen molar-refractivity contribution in [1.29, 1.82) is 0 Å². The zero-order valence-corrected chi connectivity index (χ0v) is 15.2. The largest absolute Gasteiger partial charge is 0.493 e. The molecule has 2 aromatic heterocycles. The Balaban J connectivity index is 1.67. The SMILES string of the molecule is COc1cc(NC(=O)CSc2ccc3nncn3n2)cc(OC)c1OC. The number of benzene rings is 1. The molecule has 0 aliphatic carbocycles. The van der Waals surface area contributed by atoms with Crippen molar-refractivity contribution in [1.82, 2.24) is 19.8 Å². The molecule has 0 aliphatic rings.